The number of rotatable bonds is 4. The van der Waals surface area contributed by atoms with Gasteiger partial charge in [0.25, 0.3) is 0 Å². The molecule has 0 saturated heterocycles. The van der Waals surface area contributed by atoms with Gasteiger partial charge >= 0.3 is 0 Å². The smallest absolute Gasteiger partial charge is 0.120 e. The molecule has 2 aromatic carbocycles. The Morgan fingerprint density at radius 2 is 1.84 bits per heavy atom. The number of aromatic hydroxyl groups is 1. The van der Waals surface area contributed by atoms with Crippen molar-refractivity contribution in [2.75, 3.05) is 0 Å². The molecule has 0 saturated carbocycles. The van der Waals surface area contributed by atoms with Crippen LogP contribution >= 0.6 is 15.9 Å². The van der Waals surface area contributed by atoms with Crippen LogP contribution in [0.2, 0.25) is 0 Å². The number of nitrogens with one attached hydrogen (secondary N) is 1. The van der Waals surface area contributed by atoms with Crippen molar-refractivity contribution in [2.45, 2.75) is 26.4 Å². The quantitative estimate of drug-likeness (QED) is 0.879. The fourth-order valence-corrected chi connectivity index (χ4v) is 2.34. The van der Waals surface area contributed by atoms with Gasteiger partial charge < -0.3 is 10.4 Å². The van der Waals surface area contributed by atoms with E-state index in [2.05, 4.69) is 59.4 Å². The molecule has 0 heterocycles. The first kappa shape index (κ1) is 14.1. The Balaban J connectivity index is 2.02. The van der Waals surface area contributed by atoms with Gasteiger partial charge in [0.15, 0.2) is 0 Å². The monoisotopic (exact) mass is 319 g/mol. The summed E-state index contributed by atoms with van der Waals surface area (Å²) in [6.07, 6.45) is 0. The number of hydrogen-bond acceptors (Lipinski definition) is 2. The first-order valence-corrected chi connectivity index (χ1v) is 7.13. The minimum atomic E-state index is 0.249. The maximum absolute atomic E-state index is 9.79. The molecule has 0 fully saturated rings. The Bertz CT molecular complexity index is 551. The molecule has 19 heavy (non-hydrogen) atoms. The second kappa shape index (κ2) is 6.22. The van der Waals surface area contributed by atoms with Gasteiger partial charge in [0.2, 0.25) is 0 Å². The van der Waals surface area contributed by atoms with Gasteiger partial charge in [-0.15, -0.1) is 0 Å². The van der Waals surface area contributed by atoms with Gasteiger partial charge in [-0.3, -0.25) is 0 Å². The molecule has 2 aromatic rings. The molecule has 0 aliphatic rings. The van der Waals surface area contributed by atoms with E-state index in [1.54, 1.807) is 6.07 Å². The van der Waals surface area contributed by atoms with Crippen LogP contribution in [0.15, 0.2) is 46.9 Å². The zero-order valence-corrected chi connectivity index (χ0v) is 12.7. The third-order valence-electron chi connectivity index (χ3n) is 3.22. The summed E-state index contributed by atoms with van der Waals surface area (Å²) in [6, 6.07) is 14.2. The molecule has 0 aliphatic carbocycles. The topological polar surface area (TPSA) is 32.3 Å². The molecule has 0 amide bonds. The number of hydrogen-bond donors (Lipinski definition) is 2. The fraction of sp³-hybridized carbons (Fsp3) is 0.250. The van der Waals surface area contributed by atoms with Gasteiger partial charge in [-0.25, -0.2) is 0 Å². The summed E-state index contributed by atoms with van der Waals surface area (Å²) in [4.78, 5) is 0. The van der Waals surface area contributed by atoms with Crippen molar-refractivity contribution in [2.24, 2.45) is 0 Å². The molecular formula is C16H18BrNO. The molecule has 2 nitrogen and oxygen atoms in total. The van der Waals surface area contributed by atoms with E-state index in [1.807, 2.05) is 12.1 Å². The number of halogens is 1. The van der Waals surface area contributed by atoms with E-state index in [-0.39, 0.29) is 6.04 Å². The summed E-state index contributed by atoms with van der Waals surface area (Å²) < 4.78 is 0.977. The standard InChI is InChI=1S/C16H18BrNO/c1-11-3-5-13(6-4-11)12(2)18-10-14-9-15(17)7-8-16(14)19/h3-9,12,18-19H,10H2,1-2H3/t12-/m1/s1. The number of benzene rings is 2. The van der Waals surface area contributed by atoms with E-state index in [0.717, 1.165) is 10.0 Å². The zero-order valence-electron chi connectivity index (χ0n) is 11.2. The Kier molecular flexibility index (Phi) is 4.61. The molecule has 0 aliphatic heterocycles. The lowest BCUT2D eigenvalue weighted by Crippen LogP contribution is -2.18. The van der Waals surface area contributed by atoms with Crippen molar-refractivity contribution < 1.29 is 5.11 Å². The third-order valence-corrected chi connectivity index (χ3v) is 3.71. The Labute approximate surface area is 122 Å². The summed E-state index contributed by atoms with van der Waals surface area (Å²) in [6.45, 7) is 4.85. The normalized spacial score (nSPS) is 12.4. The molecule has 1 atom stereocenters. The minimum Gasteiger partial charge on any atom is -0.508 e. The molecule has 2 N–H and O–H groups in total. The summed E-state index contributed by atoms with van der Waals surface area (Å²) in [5.74, 6) is 0.326. The van der Waals surface area contributed by atoms with E-state index in [4.69, 9.17) is 0 Å². The van der Waals surface area contributed by atoms with Crippen LogP contribution in [-0.4, -0.2) is 5.11 Å². The second-order valence-electron chi connectivity index (χ2n) is 4.79. The molecule has 0 bridgehead atoms. The van der Waals surface area contributed by atoms with Crippen molar-refractivity contribution >= 4 is 15.9 Å². The predicted octanol–water partition coefficient (Wildman–Crippen LogP) is 4.31. The number of aryl methyl sites for hydroxylation is 1. The Hall–Kier alpha value is -1.32. The van der Waals surface area contributed by atoms with Crippen molar-refractivity contribution in [3.8, 4) is 5.75 Å². The highest BCUT2D eigenvalue weighted by Crippen LogP contribution is 2.22. The van der Waals surface area contributed by atoms with Gasteiger partial charge in [-0.05, 0) is 37.6 Å². The highest BCUT2D eigenvalue weighted by molar-refractivity contribution is 9.10. The maximum Gasteiger partial charge on any atom is 0.120 e. The minimum absolute atomic E-state index is 0.249. The van der Waals surface area contributed by atoms with Crippen LogP contribution in [0.4, 0.5) is 0 Å². The first-order valence-electron chi connectivity index (χ1n) is 6.33. The summed E-state index contributed by atoms with van der Waals surface area (Å²) >= 11 is 3.42. The van der Waals surface area contributed by atoms with Crippen molar-refractivity contribution in [3.63, 3.8) is 0 Å². The largest absolute Gasteiger partial charge is 0.508 e. The zero-order chi connectivity index (χ0) is 13.8. The molecule has 100 valence electrons. The van der Waals surface area contributed by atoms with Crippen LogP contribution in [0.5, 0.6) is 5.75 Å². The van der Waals surface area contributed by atoms with Crippen LogP contribution < -0.4 is 5.32 Å². The van der Waals surface area contributed by atoms with Gasteiger partial charge in [-0.1, -0.05) is 45.8 Å². The average Bonchev–Trinajstić information content (AvgIpc) is 2.40. The van der Waals surface area contributed by atoms with E-state index < -0.39 is 0 Å². The Morgan fingerprint density at radius 1 is 1.16 bits per heavy atom. The third kappa shape index (κ3) is 3.82. The van der Waals surface area contributed by atoms with Gasteiger partial charge in [0.1, 0.15) is 5.75 Å². The van der Waals surface area contributed by atoms with E-state index in [0.29, 0.717) is 12.3 Å². The molecule has 3 heteroatoms. The molecule has 0 spiro atoms. The molecule has 2 rings (SSSR count). The van der Waals surface area contributed by atoms with E-state index in [1.165, 1.54) is 11.1 Å². The fourth-order valence-electron chi connectivity index (χ4n) is 1.93. The highest BCUT2D eigenvalue weighted by Gasteiger charge is 2.07. The van der Waals surface area contributed by atoms with Crippen LogP contribution in [0.3, 0.4) is 0 Å². The van der Waals surface area contributed by atoms with Crippen LogP contribution in [-0.2, 0) is 6.54 Å². The highest BCUT2D eigenvalue weighted by atomic mass is 79.9. The predicted molar refractivity (Wildman–Crippen MR) is 82.2 cm³/mol. The first-order chi connectivity index (χ1) is 9.06. The Morgan fingerprint density at radius 3 is 2.53 bits per heavy atom. The number of phenolic OH excluding ortho intramolecular Hbond substituents is 1. The van der Waals surface area contributed by atoms with Crippen LogP contribution in [0.25, 0.3) is 0 Å². The molecular weight excluding hydrogens is 302 g/mol. The summed E-state index contributed by atoms with van der Waals surface area (Å²) in [5, 5.41) is 13.2. The average molecular weight is 320 g/mol. The molecule has 0 aromatic heterocycles. The van der Waals surface area contributed by atoms with Crippen molar-refractivity contribution in [1.82, 2.24) is 5.32 Å². The summed E-state index contributed by atoms with van der Waals surface area (Å²) in [7, 11) is 0. The van der Waals surface area contributed by atoms with E-state index >= 15 is 0 Å². The van der Waals surface area contributed by atoms with Gasteiger partial charge in [0.05, 0.1) is 0 Å². The van der Waals surface area contributed by atoms with Crippen LogP contribution in [0, 0.1) is 6.92 Å². The van der Waals surface area contributed by atoms with Gasteiger partial charge in [-0.2, -0.15) is 0 Å². The maximum atomic E-state index is 9.79. The van der Waals surface area contributed by atoms with Gasteiger partial charge in [0, 0.05) is 22.6 Å². The lowest BCUT2D eigenvalue weighted by Gasteiger charge is -2.15. The van der Waals surface area contributed by atoms with E-state index in [9.17, 15) is 5.11 Å². The van der Waals surface area contributed by atoms with Crippen molar-refractivity contribution in [3.05, 3.63) is 63.6 Å². The van der Waals surface area contributed by atoms with Crippen molar-refractivity contribution in [1.29, 1.82) is 0 Å². The molecule has 0 radical (unpaired) electrons. The number of phenols is 1. The summed E-state index contributed by atoms with van der Waals surface area (Å²) in [5.41, 5.74) is 3.41. The SMILES string of the molecule is Cc1ccc([C@@H](C)NCc2cc(Br)ccc2O)cc1. The van der Waals surface area contributed by atoms with Crippen LogP contribution in [0.1, 0.15) is 29.7 Å². The molecule has 0 unspecified atom stereocenters. The lowest BCUT2D eigenvalue weighted by molar-refractivity contribution is 0.460. The lowest BCUT2D eigenvalue weighted by atomic mass is 10.1. The second-order valence-corrected chi connectivity index (χ2v) is 5.70.